The van der Waals surface area contributed by atoms with Crippen molar-refractivity contribution in [1.82, 2.24) is 4.31 Å². The molecular weight excluding hydrogens is 220 g/mol. The second-order valence-electron chi connectivity index (χ2n) is 2.98. The summed E-state index contributed by atoms with van der Waals surface area (Å²) >= 11 is 0. The highest BCUT2D eigenvalue weighted by atomic mass is 32.2. The lowest BCUT2D eigenvalue weighted by Gasteiger charge is -2.18. The first-order valence-electron chi connectivity index (χ1n) is 3.86. The topological polar surface area (TPSA) is 74.7 Å². The average molecular weight is 229 g/mol. The fraction of sp³-hybridized carbons (Fsp3) is 0.833. The number of sulfonamides is 1. The van der Waals surface area contributed by atoms with Gasteiger partial charge in [0.1, 0.15) is 6.54 Å². The third kappa shape index (κ3) is 2.38. The Bertz CT molecular complexity index is 325. The Labute approximate surface area is 79.4 Å². The van der Waals surface area contributed by atoms with Crippen LogP contribution in [0.25, 0.3) is 0 Å². The van der Waals surface area contributed by atoms with Crippen molar-refractivity contribution in [1.29, 1.82) is 0 Å². The van der Waals surface area contributed by atoms with Gasteiger partial charge in [0, 0.05) is 6.04 Å². The van der Waals surface area contributed by atoms with Crippen molar-refractivity contribution in [2.45, 2.75) is 24.6 Å². The Morgan fingerprint density at radius 3 is 2.29 bits per heavy atom. The molecule has 0 atom stereocenters. The van der Waals surface area contributed by atoms with Gasteiger partial charge in [0.15, 0.2) is 0 Å². The highest BCUT2D eigenvalue weighted by molar-refractivity contribution is 7.89. The Hall–Kier alpha value is -0.760. The standard InChI is InChI=1S/C6H9F2NO4S/c7-6(8)14(12,13)9(3-5(10)11)4-1-2-4/h4,6H,1-3H2,(H,10,11). The number of carboxylic acids is 1. The molecule has 0 heterocycles. The number of hydrogen-bond donors (Lipinski definition) is 1. The van der Waals surface area contributed by atoms with Crippen molar-refractivity contribution in [2.24, 2.45) is 0 Å². The third-order valence-electron chi connectivity index (χ3n) is 1.80. The quantitative estimate of drug-likeness (QED) is 0.724. The summed E-state index contributed by atoms with van der Waals surface area (Å²) in [6.07, 6.45) is 0.887. The van der Waals surface area contributed by atoms with Crippen LogP contribution in [0.1, 0.15) is 12.8 Å². The van der Waals surface area contributed by atoms with Crippen LogP contribution in [0.4, 0.5) is 8.78 Å². The van der Waals surface area contributed by atoms with E-state index < -0.39 is 34.3 Å². The molecule has 1 N–H and O–H groups in total. The van der Waals surface area contributed by atoms with E-state index in [0.717, 1.165) is 0 Å². The molecule has 14 heavy (non-hydrogen) atoms. The molecule has 0 spiro atoms. The highest BCUT2D eigenvalue weighted by Gasteiger charge is 2.42. The van der Waals surface area contributed by atoms with E-state index in [-0.39, 0.29) is 0 Å². The molecule has 0 aromatic carbocycles. The zero-order valence-electron chi connectivity index (χ0n) is 7.06. The van der Waals surface area contributed by atoms with Crippen molar-refractivity contribution in [2.75, 3.05) is 6.54 Å². The number of carbonyl (C=O) groups is 1. The molecule has 0 amide bonds. The summed E-state index contributed by atoms with van der Waals surface area (Å²) < 4.78 is 46.4. The van der Waals surface area contributed by atoms with E-state index in [9.17, 15) is 22.0 Å². The van der Waals surface area contributed by atoms with Crippen LogP contribution in [0.15, 0.2) is 0 Å². The number of carboxylic acid groups (broad SMARTS) is 1. The fourth-order valence-electron chi connectivity index (χ4n) is 1.03. The predicted molar refractivity (Wildman–Crippen MR) is 42.3 cm³/mol. The molecule has 0 saturated heterocycles. The Morgan fingerprint density at radius 2 is 2.00 bits per heavy atom. The molecule has 5 nitrogen and oxygen atoms in total. The number of nitrogens with zero attached hydrogens (tertiary/aromatic N) is 1. The minimum Gasteiger partial charge on any atom is -0.480 e. The summed E-state index contributed by atoms with van der Waals surface area (Å²) in [5.41, 5.74) is 0. The van der Waals surface area contributed by atoms with Gasteiger partial charge in [-0.1, -0.05) is 0 Å². The number of halogens is 2. The van der Waals surface area contributed by atoms with Gasteiger partial charge in [0.05, 0.1) is 0 Å². The fourth-order valence-corrected chi connectivity index (χ4v) is 2.15. The summed E-state index contributed by atoms with van der Waals surface area (Å²) in [7, 11) is -4.75. The summed E-state index contributed by atoms with van der Waals surface area (Å²) in [5.74, 6) is -4.98. The van der Waals surface area contributed by atoms with Crippen molar-refractivity contribution < 1.29 is 27.1 Å². The maximum absolute atomic E-state index is 12.1. The largest absolute Gasteiger partial charge is 0.480 e. The molecule has 1 rings (SSSR count). The molecule has 82 valence electrons. The van der Waals surface area contributed by atoms with Crippen molar-refractivity contribution in [3.05, 3.63) is 0 Å². The number of aliphatic carboxylic acids is 1. The Kier molecular flexibility index (Phi) is 3.05. The van der Waals surface area contributed by atoms with Crippen molar-refractivity contribution in [3.63, 3.8) is 0 Å². The molecule has 1 aliphatic carbocycles. The van der Waals surface area contributed by atoms with E-state index in [4.69, 9.17) is 5.11 Å². The maximum Gasteiger partial charge on any atom is 0.350 e. The van der Waals surface area contributed by atoms with Crippen LogP contribution >= 0.6 is 0 Å². The molecule has 8 heteroatoms. The third-order valence-corrected chi connectivity index (χ3v) is 3.33. The first kappa shape index (κ1) is 11.3. The van der Waals surface area contributed by atoms with Crippen LogP contribution < -0.4 is 0 Å². The van der Waals surface area contributed by atoms with E-state index in [2.05, 4.69) is 0 Å². The molecule has 0 bridgehead atoms. The van der Waals surface area contributed by atoms with Gasteiger partial charge in [-0.15, -0.1) is 0 Å². The lowest BCUT2D eigenvalue weighted by molar-refractivity contribution is -0.137. The van der Waals surface area contributed by atoms with Crippen molar-refractivity contribution >= 4 is 16.0 Å². The lowest BCUT2D eigenvalue weighted by Crippen LogP contribution is -2.40. The van der Waals surface area contributed by atoms with Crippen LogP contribution in [0.2, 0.25) is 0 Å². The Balaban J connectivity index is 2.82. The van der Waals surface area contributed by atoms with Gasteiger partial charge in [0.25, 0.3) is 10.0 Å². The first-order valence-corrected chi connectivity index (χ1v) is 5.36. The minimum atomic E-state index is -4.75. The minimum absolute atomic E-state index is 0.361. The van der Waals surface area contributed by atoms with Gasteiger partial charge >= 0.3 is 11.7 Å². The number of rotatable bonds is 5. The smallest absolute Gasteiger partial charge is 0.350 e. The van der Waals surface area contributed by atoms with E-state index in [0.29, 0.717) is 17.1 Å². The molecule has 0 unspecified atom stereocenters. The summed E-state index contributed by atoms with van der Waals surface area (Å²) in [6, 6.07) is -0.565. The summed E-state index contributed by atoms with van der Waals surface area (Å²) in [4.78, 5) is 10.3. The van der Waals surface area contributed by atoms with E-state index >= 15 is 0 Å². The average Bonchev–Trinajstić information content (AvgIpc) is 2.81. The SMILES string of the molecule is O=C(O)CN(C1CC1)S(=O)(=O)C(F)F. The first-order chi connectivity index (χ1) is 6.35. The van der Waals surface area contributed by atoms with Gasteiger partial charge in [0.2, 0.25) is 0 Å². The van der Waals surface area contributed by atoms with E-state index in [1.54, 1.807) is 0 Å². The molecular formula is C6H9F2NO4S. The second kappa shape index (κ2) is 3.77. The maximum atomic E-state index is 12.1. The van der Waals surface area contributed by atoms with E-state index in [1.165, 1.54) is 0 Å². The van der Waals surface area contributed by atoms with Crippen LogP contribution in [0.3, 0.4) is 0 Å². The molecule has 0 aromatic rings. The molecule has 0 aromatic heterocycles. The zero-order chi connectivity index (χ0) is 10.9. The van der Waals surface area contributed by atoms with Gasteiger partial charge in [-0.25, -0.2) is 8.42 Å². The highest BCUT2D eigenvalue weighted by Crippen LogP contribution is 2.30. The second-order valence-corrected chi connectivity index (χ2v) is 4.83. The van der Waals surface area contributed by atoms with Gasteiger partial charge < -0.3 is 5.11 Å². The van der Waals surface area contributed by atoms with Crippen molar-refractivity contribution in [3.8, 4) is 0 Å². The van der Waals surface area contributed by atoms with Crippen LogP contribution in [-0.2, 0) is 14.8 Å². The molecule has 0 aliphatic heterocycles. The lowest BCUT2D eigenvalue weighted by atomic mass is 10.6. The monoisotopic (exact) mass is 229 g/mol. The molecule has 1 fully saturated rings. The van der Waals surface area contributed by atoms with Crippen LogP contribution in [0, 0.1) is 0 Å². The van der Waals surface area contributed by atoms with Gasteiger partial charge in [-0.3, -0.25) is 4.79 Å². The number of alkyl halides is 2. The summed E-state index contributed by atoms with van der Waals surface area (Å²) in [6.45, 7) is -0.892. The molecule has 0 radical (unpaired) electrons. The van der Waals surface area contributed by atoms with Gasteiger partial charge in [-0.2, -0.15) is 13.1 Å². The normalized spacial score (nSPS) is 17.7. The summed E-state index contributed by atoms with van der Waals surface area (Å²) in [5, 5.41) is 8.35. The molecule has 1 aliphatic rings. The van der Waals surface area contributed by atoms with Gasteiger partial charge in [-0.05, 0) is 12.8 Å². The number of hydrogen-bond acceptors (Lipinski definition) is 3. The zero-order valence-corrected chi connectivity index (χ0v) is 7.88. The Morgan fingerprint density at radius 1 is 1.50 bits per heavy atom. The van der Waals surface area contributed by atoms with Crippen LogP contribution in [-0.4, -0.2) is 42.1 Å². The molecule has 1 saturated carbocycles. The van der Waals surface area contributed by atoms with Crippen LogP contribution in [0.5, 0.6) is 0 Å². The van der Waals surface area contributed by atoms with E-state index in [1.807, 2.05) is 0 Å². The predicted octanol–water partition coefficient (Wildman–Crippen LogP) is 0.0878.